The molecule has 2 aliphatic rings. The summed E-state index contributed by atoms with van der Waals surface area (Å²) in [5, 5.41) is 13.6. The van der Waals surface area contributed by atoms with Crippen LogP contribution in [0.25, 0.3) is 0 Å². The lowest BCUT2D eigenvalue weighted by Crippen LogP contribution is -2.39. The number of aromatic nitrogens is 2. The second kappa shape index (κ2) is 4.69. The van der Waals surface area contributed by atoms with Crippen LogP contribution in [0.5, 0.6) is 0 Å². The zero-order valence-electron chi connectivity index (χ0n) is 12.1. The van der Waals surface area contributed by atoms with E-state index >= 15 is 0 Å². The van der Waals surface area contributed by atoms with Crippen molar-refractivity contribution >= 4 is 22.6 Å². The van der Waals surface area contributed by atoms with Gasteiger partial charge < -0.3 is 10.4 Å². The van der Waals surface area contributed by atoms with E-state index in [2.05, 4.69) is 35.4 Å². The molecule has 0 spiro atoms. The van der Waals surface area contributed by atoms with E-state index in [1.807, 2.05) is 0 Å². The first-order chi connectivity index (χ1) is 9.36. The molecule has 1 aromatic rings. The molecule has 3 rings (SSSR count). The summed E-state index contributed by atoms with van der Waals surface area (Å²) in [5.74, 6) is 0.694. The third kappa shape index (κ3) is 2.30. The number of rotatable bonds is 3. The van der Waals surface area contributed by atoms with Gasteiger partial charge in [-0.2, -0.15) is 4.37 Å². The van der Waals surface area contributed by atoms with Crippen molar-refractivity contribution in [1.82, 2.24) is 9.36 Å². The molecular formula is C14H21N3O2S. The quantitative estimate of drug-likeness (QED) is 0.897. The van der Waals surface area contributed by atoms with Crippen LogP contribution in [0.2, 0.25) is 0 Å². The highest BCUT2D eigenvalue weighted by Gasteiger charge is 2.51. The Labute approximate surface area is 123 Å². The number of anilines is 1. The first kappa shape index (κ1) is 13.8. The summed E-state index contributed by atoms with van der Waals surface area (Å²) in [4.78, 5) is 16.0. The van der Waals surface area contributed by atoms with E-state index < -0.39 is 5.97 Å². The van der Waals surface area contributed by atoms with Crippen molar-refractivity contribution in [3.8, 4) is 0 Å². The zero-order chi connectivity index (χ0) is 14.5. The summed E-state index contributed by atoms with van der Waals surface area (Å²) in [6, 6.07) is 0.0204. The molecule has 20 heavy (non-hydrogen) atoms. The van der Waals surface area contributed by atoms with Gasteiger partial charge in [0, 0.05) is 23.0 Å². The van der Waals surface area contributed by atoms with Crippen molar-refractivity contribution in [3.05, 3.63) is 5.82 Å². The maximum Gasteiger partial charge on any atom is 0.308 e. The van der Waals surface area contributed by atoms with Crippen LogP contribution < -0.4 is 5.32 Å². The van der Waals surface area contributed by atoms with E-state index in [0.29, 0.717) is 11.8 Å². The van der Waals surface area contributed by atoms with Crippen LogP contribution in [-0.2, 0) is 10.2 Å². The van der Waals surface area contributed by atoms with Gasteiger partial charge in [-0.05, 0) is 31.1 Å². The Hall–Kier alpha value is -1.17. The molecule has 2 aliphatic carbocycles. The molecule has 5 nitrogen and oxygen atoms in total. The van der Waals surface area contributed by atoms with Crippen LogP contribution >= 0.6 is 11.5 Å². The first-order valence-corrected chi connectivity index (χ1v) is 7.97. The van der Waals surface area contributed by atoms with E-state index in [0.717, 1.165) is 30.2 Å². The SMILES string of the molecule is CC(C)(C)c1nsc(NC2C3CCC(C3)C2C(=O)O)n1. The fourth-order valence-electron chi connectivity index (χ4n) is 3.58. The lowest BCUT2D eigenvalue weighted by atomic mass is 9.84. The molecule has 2 bridgehead atoms. The topological polar surface area (TPSA) is 75.1 Å². The summed E-state index contributed by atoms with van der Waals surface area (Å²) in [7, 11) is 0. The van der Waals surface area contributed by atoms with Crippen LogP contribution in [0.15, 0.2) is 0 Å². The monoisotopic (exact) mass is 295 g/mol. The second-order valence-corrected chi connectivity index (χ2v) is 7.79. The Morgan fingerprint density at radius 3 is 2.65 bits per heavy atom. The van der Waals surface area contributed by atoms with Crippen molar-refractivity contribution in [2.24, 2.45) is 17.8 Å². The number of nitrogens with zero attached hydrogens (tertiary/aromatic N) is 2. The molecule has 2 saturated carbocycles. The minimum atomic E-state index is -0.671. The Morgan fingerprint density at radius 1 is 1.35 bits per heavy atom. The fourth-order valence-corrected chi connectivity index (χ4v) is 4.39. The number of carboxylic acid groups (broad SMARTS) is 1. The van der Waals surface area contributed by atoms with Gasteiger partial charge in [-0.15, -0.1) is 0 Å². The lowest BCUT2D eigenvalue weighted by Gasteiger charge is -2.28. The van der Waals surface area contributed by atoms with E-state index in [1.54, 1.807) is 0 Å². The number of carboxylic acids is 1. The molecule has 0 radical (unpaired) electrons. The summed E-state index contributed by atoms with van der Waals surface area (Å²) < 4.78 is 4.38. The summed E-state index contributed by atoms with van der Waals surface area (Å²) in [6.45, 7) is 6.24. The minimum absolute atomic E-state index is 0.0204. The van der Waals surface area contributed by atoms with Gasteiger partial charge in [0.1, 0.15) is 5.82 Å². The molecule has 2 fully saturated rings. The van der Waals surface area contributed by atoms with Gasteiger partial charge in [-0.1, -0.05) is 20.8 Å². The van der Waals surface area contributed by atoms with Crippen LogP contribution in [0.4, 0.5) is 5.13 Å². The Morgan fingerprint density at radius 2 is 2.05 bits per heavy atom. The maximum absolute atomic E-state index is 11.5. The third-order valence-electron chi connectivity index (χ3n) is 4.59. The lowest BCUT2D eigenvalue weighted by molar-refractivity contribution is -0.143. The average molecular weight is 295 g/mol. The number of hydrogen-bond donors (Lipinski definition) is 2. The summed E-state index contributed by atoms with van der Waals surface area (Å²) in [6.07, 6.45) is 3.24. The van der Waals surface area contributed by atoms with Crippen LogP contribution in [0.1, 0.15) is 45.9 Å². The first-order valence-electron chi connectivity index (χ1n) is 7.20. The van der Waals surface area contributed by atoms with Crippen LogP contribution in [-0.4, -0.2) is 26.5 Å². The molecule has 1 aromatic heterocycles. The van der Waals surface area contributed by atoms with Gasteiger partial charge in [0.25, 0.3) is 0 Å². The van der Waals surface area contributed by atoms with Crippen molar-refractivity contribution in [2.45, 2.75) is 51.5 Å². The number of fused-ring (bicyclic) bond motifs is 2. The van der Waals surface area contributed by atoms with Crippen LogP contribution in [0, 0.1) is 17.8 Å². The number of carbonyl (C=O) groups is 1. The predicted octanol–water partition coefficient (Wildman–Crippen LogP) is 2.75. The van der Waals surface area contributed by atoms with Crippen molar-refractivity contribution in [3.63, 3.8) is 0 Å². The number of hydrogen-bond acceptors (Lipinski definition) is 5. The number of nitrogens with one attached hydrogen (secondary N) is 1. The minimum Gasteiger partial charge on any atom is -0.481 e. The van der Waals surface area contributed by atoms with Gasteiger partial charge in [-0.3, -0.25) is 4.79 Å². The van der Waals surface area contributed by atoms with Gasteiger partial charge in [0.05, 0.1) is 5.92 Å². The summed E-state index contributed by atoms with van der Waals surface area (Å²) in [5.41, 5.74) is -0.0721. The van der Waals surface area contributed by atoms with E-state index in [-0.39, 0.29) is 17.4 Å². The van der Waals surface area contributed by atoms with Gasteiger partial charge in [-0.25, -0.2) is 4.98 Å². The second-order valence-electron chi connectivity index (χ2n) is 7.04. The molecular weight excluding hydrogens is 274 g/mol. The van der Waals surface area contributed by atoms with Crippen molar-refractivity contribution < 1.29 is 9.90 Å². The predicted molar refractivity (Wildman–Crippen MR) is 78.0 cm³/mol. The average Bonchev–Trinajstić information content (AvgIpc) is 3.00. The normalized spacial score (nSPS) is 32.5. The largest absolute Gasteiger partial charge is 0.481 e. The Bertz CT molecular complexity index is 523. The zero-order valence-corrected chi connectivity index (χ0v) is 12.9. The van der Waals surface area contributed by atoms with E-state index in [9.17, 15) is 9.90 Å². The summed E-state index contributed by atoms with van der Waals surface area (Å²) >= 11 is 1.34. The highest BCUT2D eigenvalue weighted by molar-refractivity contribution is 7.09. The molecule has 1 heterocycles. The molecule has 0 saturated heterocycles. The standard InChI is InChI=1S/C14H21N3O2S/c1-14(2,3)12-16-13(20-17-12)15-10-8-5-4-7(6-8)9(10)11(18)19/h7-10H,4-6H2,1-3H3,(H,18,19)(H,15,16,17). The Balaban J connectivity index is 1.77. The molecule has 110 valence electrons. The van der Waals surface area contributed by atoms with Crippen molar-refractivity contribution in [2.75, 3.05) is 5.32 Å². The molecule has 0 aliphatic heterocycles. The highest BCUT2D eigenvalue weighted by Crippen LogP contribution is 2.49. The molecule has 2 N–H and O–H groups in total. The van der Waals surface area contributed by atoms with Crippen molar-refractivity contribution in [1.29, 1.82) is 0 Å². The Kier molecular flexibility index (Phi) is 3.23. The van der Waals surface area contributed by atoms with Gasteiger partial charge in [0.2, 0.25) is 5.13 Å². The van der Waals surface area contributed by atoms with E-state index in [4.69, 9.17) is 0 Å². The number of aliphatic carboxylic acids is 1. The highest BCUT2D eigenvalue weighted by atomic mass is 32.1. The van der Waals surface area contributed by atoms with Gasteiger partial charge >= 0.3 is 5.97 Å². The molecule has 6 heteroatoms. The van der Waals surface area contributed by atoms with Crippen LogP contribution in [0.3, 0.4) is 0 Å². The molecule has 0 amide bonds. The third-order valence-corrected chi connectivity index (χ3v) is 5.23. The molecule has 4 unspecified atom stereocenters. The molecule has 4 atom stereocenters. The molecule has 0 aromatic carbocycles. The smallest absolute Gasteiger partial charge is 0.308 e. The fraction of sp³-hybridized carbons (Fsp3) is 0.786. The maximum atomic E-state index is 11.5. The van der Waals surface area contributed by atoms with Gasteiger partial charge in [0.15, 0.2) is 0 Å². The van der Waals surface area contributed by atoms with E-state index in [1.165, 1.54) is 11.5 Å².